The number of halogens is 1. The lowest BCUT2D eigenvalue weighted by Crippen LogP contribution is -2.49. The van der Waals surface area contributed by atoms with E-state index in [-0.39, 0.29) is 5.82 Å². The van der Waals surface area contributed by atoms with E-state index in [0.29, 0.717) is 12.4 Å². The molecule has 0 bridgehead atoms. The number of unbranched alkanes of at least 4 members (excludes halogenated alkanes) is 2. The number of rotatable bonds is 9. The first kappa shape index (κ1) is 21.8. The zero-order chi connectivity index (χ0) is 20.4. The molecule has 0 unspecified atom stereocenters. The summed E-state index contributed by atoms with van der Waals surface area (Å²) in [7, 11) is 0. The standard InChI is InChI=1S/C26H37FNO/c1-23-14-13-17-25(27)26(23)29-21-12-6-11-20-28(18-9-3-2-4-10-19-28)22-24-15-7-5-8-16-24/h5,7-8,13-17H,2-4,6,9-12,18-22H2,1H3/q+1. The summed E-state index contributed by atoms with van der Waals surface area (Å²) in [6, 6.07) is 16.1. The summed E-state index contributed by atoms with van der Waals surface area (Å²) in [6.07, 6.45) is 10.2. The number of likely N-dealkylation sites (tertiary alicyclic amines) is 1. The van der Waals surface area contributed by atoms with Gasteiger partial charge in [-0.05, 0) is 63.5 Å². The summed E-state index contributed by atoms with van der Waals surface area (Å²) in [6.45, 7) is 7.51. The number of benzene rings is 2. The van der Waals surface area contributed by atoms with E-state index in [1.54, 1.807) is 6.07 Å². The van der Waals surface area contributed by atoms with Crippen molar-refractivity contribution in [2.45, 2.75) is 64.8 Å². The second-order valence-electron chi connectivity index (χ2n) is 8.72. The second-order valence-corrected chi connectivity index (χ2v) is 8.72. The van der Waals surface area contributed by atoms with Crippen molar-refractivity contribution in [3.63, 3.8) is 0 Å². The Labute approximate surface area is 176 Å². The monoisotopic (exact) mass is 398 g/mol. The van der Waals surface area contributed by atoms with Crippen LogP contribution in [0.1, 0.15) is 62.5 Å². The number of ether oxygens (including phenoxy) is 1. The van der Waals surface area contributed by atoms with E-state index in [9.17, 15) is 4.39 Å². The molecule has 0 N–H and O–H groups in total. The molecule has 1 heterocycles. The smallest absolute Gasteiger partial charge is 0.165 e. The fourth-order valence-corrected chi connectivity index (χ4v) is 4.67. The Morgan fingerprint density at radius 2 is 1.55 bits per heavy atom. The van der Waals surface area contributed by atoms with Gasteiger partial charge in [-0.2, -0.15) is 0 Å². The van der Waals surface area contributed by atoms with Gasteiger partial charge in [0.25, 0.3) is 0 Å². The molecule has 2 nitrogen and oxygen atoms in total. The Morgan fingerprint density at radius 3 is 2.28 bits per heavy atom. The normalized spacial score (nSPS) is 16.8. The van der Waals surface area contributed by atoms with Gasteiger partial charge in [0.2, 0.25) is 0 Å². The lowest BCUT2D eigenvalue weighted by molar-refractivity contribution is -0.942. The molecule has 1 fully saturated rings. The van der Waals surface area contributed by atoms with Crippen molar-refractivity contribution in [2.24, 2.45) is 0 Å². The summed E-state index contributed by atoms with van der Waals surface area (Å²) in [5.74, 6) is 0.168. The van der Waals surface area contributed by atoms with E-state index in [2.05, 4.69) is 30.3 Å². The maximum Gasteiger partial charge on any atom is 0.165 e. The average molecular weight is 399 g/mol. The van der Waals surface area contributed by atoms with Crippen molar-refractivity contribution in [2.75, 3.05) is 26.2 Å². The Kier molecular flexibility index (Phi) is 8.54. The Bertz CT molecular complexity index is 702. The molecule has 0 spiro atoms. The third kappa shape index (κ3) is 6.85. The maximum atomic E-state index is 13.9. The SMILES string of the molecule is Cc1cccc(F)c1OCCCCC[N+]1(Cc2ccccc2)CCCCCCC1. The Hall–Kier alpha value is -1.87. The van der Waals surface area contributed by atoms with Crippen LogP contribution < -0.4 is 4.74 Å². The van der Waals surface area contributed by atoms with Crippen LogP contribution in [0.4, 0.5) is 4.39 Å². The van der Waals surface area contributed by atoms with Crippen LogP contribution in [-0.2, 0) is 6.54 Å². The molecule has 0 atom stereocenters. The highest BCUT2D eigenvalue weighted by molar-refractivity contribution is 5.33. The second kappa shape index (κ2) is 11.3. The molecule has 1 saturated heterocycles. The van der Waals surface area contributed by atoms with Gasteiger partial charge in [-0.15, -0.1) is 0 Å². The number of para-hydroxylation sites is 1. The number of hydrogen-bond acceptors (Lipinski definition) is 1. The average Bonchev–Trinajstić information content (AvgIpc) is 2.70. The van der Waals surface area contributed by atoms with E-state index in [1.165, 1.54) is 74.3 Å². The largest absolute Gasteiger partial charge is 0.490 e. The van der Waals surface area contributed by atoms with Crippen molar-refractivity contribution in [3.05, 3.63) is 65.5 Å². The molecule has 0 aliphatic carbocycles. The highest BCUT2D eigenvalue weighted by atomic mass is 19.1. The van der Waals surface area contributed by atoms with Gasteiger partial charge in [0.05, 0.1) is 26.2 Å². The van der Waals surface area contributed by atoms with Crippen LogP contribution in [0.15, 0.2) is 48.5 Å². The molecule has 0 radical (unpaired) electrons. The van der Waals surface area contributed by atoms with Crippen LogP contribution in [0.2, 0.25) is 0 Å². The Morgan fingerprint density at radius 1 is 0.828 bits per heavy atom. The quantitative estimate of drug-likeness (QED) is 0.339. The molecule has 158 valence electrons. The van der Waals surface area contributed by atoms with E-state index >= 15 is 0 Å². The van der Waals surface area contributed by atoms with Gasteiger partial charge in [0.15, 0.2) is 11.6 Å². The first-order valence-corrected chi connectivity index (χ1v) is 11.5. The summed E-state index contributed by atoms with van der Waals surface area (Å²) in [4.78, 5) is 0. The molecule has 0 aromatic heterocycles. The molecular formula is C26H37FNO+. The van der Waals surface area contributed by atoms with Gasteiger partial charge in [-0.25, -0.2) is 4.39 Å². The fraction of sp³-hybridized carbons (Fsp3) is 0.538. The van der Waals surface area contributed by atoms with E-state index in [0.717, 1.165) is 24.9 Å². The summed E-state index contributed by atoms with van der Waals surface area (Å²) >= 11 is 0. The molecule has 3 heteroatoms. The highest BCUT2D eigenvalue weighted by Gasteiger charge is 2.27. The van der Waals surface area contributed by atoms with Gasteiger partial charge < -0.3 is 9.22 Å². The number of hydrogen-bond donors (Lipinski definition) is 0. The maximum absolute atomic E-state index is 13.9. The van der Waals surface area contributed by atoms with Crippen molar-refractivity contribution >= 4 is 0 Å². The zero-order valence-electron chi connectivity index (χ0n) is 18.0. The van der Waals surface area contributed by atoms with E-state index < -0.39 is 0 Å². The van der Waals surface area contributed by atoms with Crippen molar-refractivity contribution in [1.82, 2.24) is 0 Å². The van der Waals surface area contributed by atoms with Gasteiger partial charge in [-0.1, -0.05) is 48.9 Å². The van der Waals surface area contributed by atoms with Crippen molar-refractivity contribution in [3.8, 4) is 5.75 Å². The minimum Gasteiger partial charge on any atom is -0.490 e. The predicted molar refractivity (Wildman–Crippen MR) is 119 cm³/mol. The van der Waals surface area contributed by atoms with Crippen LogP contribution in [0.25, 0.3) is 0 Å². The third-order valence-corrected chi connectivity index (χ3v) is 6.31. The third-order valence-electron chi connectivity index (χ3n) is 6.31. The first-order chi connectivity index (χ1) is 14.2. The molecule has 0 saturated carbocycles. The molecular weight excluding hydrogens is 361 g/mol. The minimum absolute atomic E-state index is 0.252. The Balaban J connectivity index is 1.49. The number of aryl methyl sites for hydroxylation is 1. The van der Waals surface area contributed by atoms with Crippen LogP contribution >= 0.6 is 0 Å². The molecule has 1 aliphatic heterocycles. The lowest BCUT2D eigenvalue weighted by Gasteiger charge is -2.40. The highest BCUT2D eigenvalue weighted by Crippen LogP contribution is 2.24. The van der Waals surface area contributed by atoms with Gasteiger partial charge in [0, 0.05) is 5.56 Å². The van der Waals surface area contributed by atoms with Crippen molar-refractivity contribution < 1.29 is 13.6 Å². The first-order valence-electron chi connectivity index (χ1n) is 11.5. The van der Waals surface area contributed by atoms with Crippen molar-refractivity contribution in [1.29, 1.82) is 0 Å². The summed E-state index contributed by atoms with van der Waals surface area (Å²) in [5, 5.41) is 0. The van der Waals surface area contributed by atoms with Crippen LogP contribution in [0.3, 0.4) is 0 Å². The minimum atomic E-state index is -0.252. The van der Waals surface area contributed by atoms with Gasteiger partial charge in [0.1, 0.15) is 6.54 Å². The topological polar surface area (TPSA) is 9.23 Å². The van der Waals surface area contributed by atoms with E-state index in [1.807, 2.05) is 13.0 Å². The zero-order valence-corrected chi connectivity index (χ0v) is 18.0. The van der Waals surface area contributed by atoms with Crippen LogP contribution in [0.5, 0.6) is 5.75 Å². The molecule has 0 amide bonds. The summed E-state index contributed by atoms with van der Waals surface area (Å²) in [5.41, 5.74) is 2.34. The molecule has 2 aromatic carbocycles. The fourth-order valence-electron chi connectivity index (χ4n) is 4.67. The molecule has 29 heavy (non-hydrogen) atoms. The van der Waals surface area contributed by atoms with E-state index in [4.69, 9.17) is 4.74 Å². The molecule has 1 aliphatic rings. The number of nitrogens with zero attached hydrogens (tertiary/aromatic N) is 1. The molecule has 3 rings (SSSR count). The van der Waals surface area contributed by atoms with Crippen LogP contribution in [-0.4, -0.2) is 30.7 Å². The van der Waals surface area contributed by atoms with Crippen LogP contribution in [0, 0.1) is 12.7 Å². The molecule has 2 aromatic rings. The number of quaternary nitrogens is 1. The van der Waals surface area contributed by atoms with Gasteiger partial charge >= 0.3 is 0 Å². The lowest BCUT2D eigenvalue weighted by atomic mass is 10.0. The predicted octanol–water partition coefficient (Wildman–Crippen LogP) is 6.66. The summed E-state index contributed by atoms with van der Waals surface area (Å²) < 4.78 is 20.8. The van der Waals surface area contributed by atoms with Gasteiger partial charge in [-0.3, -0.25) is 0 Å².